The average molecular weight is 457 g/mol. The van der Waals surface area contributed by atoms with Crippen LogP contribution in [0.3, 0.4) is 0 Å². The Kier molecular flexibility index (Phi) is 6.16. The summed E-state index contributed by atoms with van der Waals surface area (Å²) in [6, 6.07) is 17.0. The number of rotatable bonds is 6. The molecule has 1 saturated heterocycles. The van der Waals surface area contributed by atoms with E-state index in [1.54, 1.807) is 14.2 Å². The molecule has 0 unspecified atom stereocenters. The second-order valence-corrected chi connectivity index (χ2v) is 9.04. The molecule has 2 aromatic heterocycles. The van der Waals surface area contributed by atoms with Gasteiger partial charge in [0.25, 0.3) is 0 Å². The molecule has 1 aliphatic heterocycles. The Balaban J connectivity index is 1.54. The number of hydrogen-bond acceptors (Lipinski definition) is 5. The summed E-state index contributed by atoms with van der Waals surface area (Å²) in [4.78, 5) is 10.8. The second-order valence-electron chi connectivity index (χ2n) is 9.04. The van der Waals surface area contributed by atoms with Gasteiger partial charge in [-0.3, -0.25) is 0 Å². The smallest absolute Gasteiger partial charge is 0.161 e. The van der Waals surface area contributed by atoms with Crippen molar-refractivity contribution in [2.75, 3.05) is 45.3 Å². The van der Waals surface area contributed by atoms with Crippen LogP contribution in [0.1, 0.15) is 25.3 Å². The first kappa shape index (κ1) is 22.3. The second kappa shape index (κ2) is 9.39. The number of pyridine rings is 1. The standard InChI is InChI=1S/C28H32N4O2/c1-18(2)27-22-15-19(21-7-10-26(30-17-21)32-13-11-29-12-14-32)5-8-23(22)31-28(27)20-6-9-24(33-3)25(16-20)34-4/h5-10,15-18,29,31H,11-14H2,1-4H3. The Hall–Kier alpha value is -3.51. The molecule has 1 fully saturated rings. The number of H-pyrrole nitrogens is 1. The van der Waals surface area contributed by atoms with Gasteiger partial charge in [-0.1, -0.05) is 19.9 Å². The summed E-state index contributed by atoms with van der Waals surface area (Å²) >= 11 is 0. The zero-order valence-electron chi connectivity index (χ0n) is 20.3. The molecule has 3 heterocycles. The molecular formula is C28H32N4O2. The van der Waals surface area contributed by atoms with E-state index in [4.69, 9.17) is 14.5 Å². The van der Waals surface area contributed by atoms with E-state index in [2.05, 4.69) is 65.4 Å². The molecule has 176 valence electrons. The van der Waals surface area contributed by atoms with Crippen LogP contribution >= 0.6 is 0 Å². The molecule has 1 aliphatic rings. The normalized spacial score (nSPS) is 14.1. The minimum Gasteiger partial charge on any atom is -0.493 e. The fraction of sp³-hybridized carbons (Fsp3) is 0.321. The number of aromatic amines is 1. The van der Waals surface area contributed by atoms with Gasteiger partial charge in [-0.15, -0.1) is 0 Å². The minimum atomic E-state index is 0.348. The molecule has 0 bridgehead atoms. The van der Waals surface area contributed by atoms with E-state index in [0.717, 1.165) is 65.8 Å². The monoisotopic (exact) mass is 456 g/mol. The zero-order valence-corrected chi connectivity index (χ0v) is 20.3. The summed E-state index contributed by atoms with van der Waals surface area (Å²) in [5.41, 5.74) is 6.93. The van der Waals surface area contributed by atoms with E-state index >= 15 is 0 Å². The molecule has 2 N–H and O–H groups in total. The van der Waals surface area contributed by atoms with E-state index in [1.807, 2.05) is 18.3 Å². The maximum atomic E-state index is 5.55. The molecule has 0 saturated carbocycles. The highest BCUT2D eigenvalue weighted by Crippen LogP contribution is 2.40. The number of fused-ring (bicyclic) bond motifs is 1. The van der Waals surface area contributed by atoms with Crippen LogP contribution in [0.15, 0.2) is 54.7 Å². The van der Waals surface area contributed by atoms with Gasteiger partial charge in [-0.2, -0.15) is 0 Å². The predicted octanol–water partition coefficient (Wildman–Crippen LogP) is 5.45. The van der Waals surface area contributed by atoms with Crippen molar-refractivity contribution in [1.29, 1.82) is 0 Å². The fourth-order valence-electron chi connectivity index (χ4n) is 4.85. The van der Waals surface area contributed by atoms with Gasteiger partial charge in [0, 0.05) is 54.4 Å². The average Bonchev–Trinajstić information content (AvgIpc) is 3.28. The molecule has 34 heavy (non-hydrogen) atoms. The predicted molar refractivity (Wildman–Crippen MR) is 139 cm³/mol. The van der Waals surface area contributed by atoms with Crippen LogP contribution in [-0.4, -0.2) is 50.4 Å². The Labute approximate surface area is 200 Å². The van der Waals surface area contributed by atoms with Gasteiger partial charge in [0.1, 0.15) is 5.82 Å². The molecule has 4 aromatic rings. The molecule has 5 rings (SSSR count). The summed E-state index contributed by atoms with van der Waals surface area (Å²) < 4.78 is 11.0. The lowest BCUT2D eigenvalue weighted by atomic mass is 9.94. The molecule has 2 aromatic carbocycles. The van der Waals surface area contributed by atoms with Crippen molar-refractivity contribution in [2.45, 2.75) is 19.8 Å². The SMILES string of the molecule is COc1ccc(-c2[nH]c3ccc(-c4ccc(N5CCNCC5)nc4)cc3c2C(C)C)cc1OC. The summed E-state index contributed by atoms with van der Waals surface area (Å²) in [6.07, 6.45) is 2.00. The van der Waals surface area contributed by atoms with E-state index in [1.165, 1.54) is 16.5 Å². The van der Waals surface area contributed by atoms with Crippen LogP contribution in [0.25, 0.3) is 33.3 Å². The van der Waals surface area contributed by atoms with Crippen molar-refractivity contribution < 1.29 is 9.47 Å². The number of anilines is 1. The lowest BCUT2D eigenvalue weighted by molar-refractivity contribution is 0.355. The molecular weight excluding hydrogens is 424 g/mol. The topological polar surface area (TPSA) is 62.4 Å². The highest BCUT2D eigenvalue weighted by Gasteiger charge is 2.18. The number of ether oxygens (including phenoxy) is 2. The third kappa shape index (κ3) is 4.10. The summed E-state index contributed by atoms with van der Waals surface area (Å²) in [7, 11) is 3.33. The number of hydrogen-bond donors (Lipinski definition) is 2. The number of piperazine rings is 1. The molecule has 0 amide bonds. The fourth-order valence-corrected chi connectivity index (χ4v) is 4.85. The van der Waals surface area contributed by atoms with Gasteiger partial charge in [0.2, 0.25) is 0 Å². The van der Waals surface area contributed by atoms with E-state index < -0.39 is 0 Å². The third-order valence-corrected chi connectivity index (χ3v) is 6.61. The van der Waals surface area contributed by atoms with Crippen molar-refractivity contribution >= 4 is 16.7 Å². The lowest BCUT2D eigenvalue weighted by Crippen LogP contribution is -2.43. The van der Waals surface area contributed by atoms with Gasteiger partial charge in [0.05, 0.1) is 19.9 Å². The molecule has 0 atom stereocenters. The number of methoxy groups -OCH3 is 2. The van der Waals surface area contributed by atoms with Gasteiger partial charge in [0.15, 0.2) is 11.5 Å². The summed E-state index contributed by atoms with van der Waals surface area (Å²) in [5.74, 6) is 2.85. The molecule has 0 radical (unpaired) electrons. The van der Waals surface area contributed by atoms with Crippen LogP contribution in [0, 0.1) is 0 Å². The maximum Gasteiger partial charge on any atom is 0.161 e. The molecule has 6 heteroatoms. The zero-order chi connectivity index (χ0) is 23.7. The van der Waals surface area contributed by atoms with E-state index in [9.17, 15) is 0 Å². The van der Waals surface area contributed by atoms with Crippen molar-refractivity contribution in [1.82, 2.24) is 15.3 Å². The third-order valence-electron chi connectivity index (χ3n) is 6.61. The molecule has 0 aliphatic carbocycles. The van der Waals surface area contributed by atoms with Crippen molar-refractivity contribution in [3.05, 3.63) is 60.3 Å². The van der Waals surface area contributed by atoms with Crippen LogP contribution in [0.2, 0.25) is 0 Å². The van der Waals surface area contributed by atoms with E-state index in [-0.39, 0.29) is 0 Å². The number of benzene rings is 2. The largest absolute Gasteiger partial charge is 0.493 e. The molecule has 6 nitrogen and oxygen atoms in total. The highest BCUT2D eigenvalue weighted by atomic mass is 16.5. The van der Waals surface area contributed by atoms with Crippen molar-refractivity contribution in [3.63, 3.8) is 0 Å². The minimum absolute atomic E-state index is 0.348. The number of aromatic nitrogens is 2. The Morgan fingerprint density at radius 3 is 2.26 bits per heavy atom. The van der Waals surface area contributed by atoms with Crippen molar-refractivity contribution in [2.24, 2.45) is 0 Å². The van der Waals surface area contributed by atoms with Gasteiger partial charge < -0.3 is 24.7 Å². The Bertz CT molecular complexity index is 1290. The number of nitrogens with zero attached hydrogens (tertiary/aromatic N) is 2. The van der Waals surface area contributed by atoms with Crippen LogP contribution in [0.4, 0.5) is 5.82 Å². The number of nitrogens with one attached hydrogen (secondary N) is 2. The van der Waals surface area contributed by atoms with Gasteiger partial charge in [-0.05, 0) is 59.5 Å². The van der Waals surface area contributed by atoms with Crippen LogP contribution < -0.4 is 19.7 Å². The maximum absolute atomic E-state index is 5.55. The summed E-state index contributed by atoms with van der Waals surface area (Å²) in [6.45, 7) is 8.49. The first-order chi connectivity index (χ1) is 16.6. The quantitative estimate of drug-likeness (QED) is 0.404. The first-order valence-corrected chi connectivity index (χ1v) is 11.9. The van der Waals surface area contributed by atoms with Gasteiger partial charge in [-0.25, -0.2) is 4.98 Å². The molecule has 0 spiro atoms. The van der Waals surface area contributed by atoms with E-state index in [0.29, 0.717) is 5.92 Å². The lowest BCUT2D eigenvalue weighted by Gasteiger charge is -2.28. The van der Waals surface area contributed by atoms with Gasteiger partial charge >= 0.3 is 0 Å². The Morgan fingerprint density at radius 1 is 0.853 bits per heavy atom. The van der Waals surface area contributed by atoms with Crippen LogP contribution in [0.5, 0.6) is 11.5 Å². The first-order valence-electron chi connectivity index (χ1n) is 11.9. The Morgan fingerprint density at radius 2 is 1.59 bits per heavy atom. The van der Waals surface area contributed by atoms with Crippen LogP contribution in [-0.2, 0) is 0 Å². The summed E-state index contributed by atoms with van der Waals surface area (Å²) in [5, 5.41) is 4.63. The highest BCUT2D eigenvalue weighted by molar-refractivity contribution is 5.94. The van der Waals surface area contributed by atoms with Crippen molar-refractivity contribution in [3.8, 4) is 33.9 Å².